The van der Waals surface area contributed by atoms with E-state index < -0.39 is 0 Å². The minimum atomic E-state index is 0.0532. The van der Waals surface area contributed by atoms with Gasteiger partial charge in [0.1, 0.15) is 10.8 Å². The highest BCUT2D eigenvalue weighted by Crippen LogP contribution is 2.26. The Morgan fingerprint density at radius 2 is 2.04 bits per heavy atom. The number of aromatic nitrogens is 1. The van der Waals surface area contributed by atoms with Crippen molar-refractivity contribution in [3.05, 3.63) is 35.3 Å². The van der Waals surface area contributed by atoms with Crippen molar-refractivity contribution in [2.24, 2.45) is 0 Å². The summed E-state index contributed by atoms with van der Waals surface area (Å²) in [5.41, 5.74) is 2.07. The first-order valence-electron chi connectivity index (χ1n) is 8.12. The fourth-order valence-electron chi connectivity index (χ4n) is 2.33. The van der Waals surface area contributed by atoms with Crippen molar-refractivity contribution in [1.82, 2.24) is 15.2 Å². The first-order chi connectivity index (χ1) is 11.5. The van der Waals surface area contributed by atoms with Crippen LogP contribution in [0.5, 0.6) is 5.75 Å². The van der Waals surface area contributed by atoms with E-state index in [1.165, 1.54) is 0 Å². The molecule has 0 unspecified atom stereocenters. The lowest BCUT2D eigenvalue weighted by Crippen LogP contribution is -2.39. The van der Waals surface area contributed by atoms with Crippen molar-refractivity contribution in [3.8, 4) is 16.3 Å². The van der Waals surface area contributed by atoms with Gasteiger partial charge in [-0.3, -0.25) is 9.69 Å². The lowest BCUT2D eigenvalue weighted by molar-refractivity contribution is -0.122. The van der Waals surface area contributed by atoms with E-state index in [2.05, 4.69) is 22.5 Å². The molecule has 0 bridgehead atoms. The Balaban J connectivity index is 1.99. The molecule has 0 atom stereocenters. The maximum atomic E-state index is 11.9. The first kappa shape index (κ1) is 18.4. The van der Waals surface area contributed by atoms with Gasteiger partial charge in [-0.15, -0.1) is 11.3 Å². The Bertz CT molecular complexity index is 653. The van der Waals surface area contributed by atoms with Crippen LogP contribution in [0.2, 0.25) is 0 Å². The van der Waals surface area contributed by atoms with Crippen molar-refractivity contribution in [2.45, 2.75) is 33.4 Å². The summed E-state index contributed by atoms with van der Waals surface area (Å²) in [6.45, 7) is 7.87. The molecule has 0 spiro atoms. The molecule has 0 saturated carbocycles. The molecule has 0 aliphatic carbocycles. The Kier molecular flexibility index (Phi) is 6.75. The van der Waals surface area contributed by atoms with Crippen LogP contribution in [0, 0.1) is 0 Å². The third-order valence-corrected chi connectivity index (χ3v) is 4.48. The molecular weight excluding hydrogens is 322 g/mol. The number of amides is 1. The summed E-state index contributed by atoms with van der Waals surface area (Å²) in [5, 5.41) is 5.96. The number of methoxy groups -OCH3 is 1. The molecule has 1 N–H and O–H groups in total. The normalized spacial score (nSPS) is 11.1. The molecule has 1 aromatic carbocycles. The maximum absolute atomic E-state index is 11.9. The van der Waals surface area contributed by atoms with Gasteiger partial charge in [0.05, 0.1) is 19.3 Å². The van der Waals surface area contributed by atoms with Gasteiger partial charge in [-0.2, -0.15) is 0 Å². The van der Waals surface area contributed by atoms with Gasteiger partial charge < -0.3 is 10.1 Å². The van der Waals surface area contributed by atoms with E-state index >= 15 is 0 Å². The molecule has 24 heavy (non-hydrogen) atoms. The van der Waals surface area contributed by atoms with Crippen molar-refractivity contribution < 1.29 is 9.53 Å². The predicted octanol–water partition coefficient (Wildman–Crippen LogP) is 3.17. The van der Waals surface area contributed by atoms with E-state index in [9.17, 15) is 4.79 Å². The zero-order chi connectivity index (χ0) is 17.5. The van der Waals surface area contributed by atoms with Gasteiger partial charge in [0.25, 0.3) is 0 Å². The van der Waals surface area contributed by atoms with Crippen molar-refractivity contribution >= 4 is 17.2 Å². The summed E-state index contributed by atoms with van der Waals surface area (Å²) in [4.78, 5) is 18.7. The van der Waals surface area contributed by atoms with Crippen molar-refractivity contribution in [1.29, 1.82) is 0 Å². The van der Waals surface area contributed by atoms with Crippen LogP contribution >= 0.6 is 11.3 Å². The highest BCUT2D eigenvalue weighted by molar-refractivity contribution is 7.13. The number of hydrogen-bond acceptors (Lipinski definition) is 5. The van der Waals surface area contributed by atoms with E-state index in [1.807, 2.05) is 38.1 Å². The molecule has 0 fully saturated rings. The number of carbonyl (C=O) groups is 1. The highest BCUT2D eigenvalue weighted by Gasteiger charge is 2.13. The number of thiazole rings is 1. The second-order valence-electron chi connectivity index (χ2n) is 5.90. The first-order valence-corrected chi connectivity index (χ1v) is 9.00. The molecule has 2 aromatic rings. The number of nitrogens with one attached hydrogen (secondary N) is 1. The Morgan fingerprint density at radius 1 is 1.33 bits per heavy atom. The quantitative estimate of drug-likeness (QED) is 0.797. The number of likely N-dealkylation sites (N-methyl/N-ethyl adjacent to an activating group) is 1. The summed E-state index contributed by atoms with van der Waals surface area (Å²) in [5.74, 6) is 0.890. The summed E-state index contributed by atoms with van der Waals surface area (Å²) in [6, 6.07) is 8.05. The number of ether oxygens (including phenoxy) is 1. The van der Waals surface area contributed by atoms with Gasteiger partial charge >= 0.3 is 0 Å². The molecule has 5 nitrogen and oxygen atoms in total. The third-order valence-electron chi connectivity index (χ3n) is 3.54. The molecule has 2 rings (SSSR count). The lowest BCUT2D eigenvalue weighted by atomic mass is 10.2. The van der Waals surface area contributed by atoms with Crippen molar-refractivity contribution in [3.63, 3.8) is 0 Å². The molecule has 1 amide bonds. The van der Waals surface area contributed by atoms with Crippen LogP contribution in [-0.4, -0.2) is 42.0 Å². The lowest BCUT2D eigenvalue weighted by Gasteiger charge is -2.19. The van der Waals surface area contributed by atoms with Crippen LogP contribution in [0.4, 0.5) is 0 Å². The predicted molar refractivity (Wildman–Crippen MR) is 98.3 cm³/mol. The minimum Gasteiger partial charge on any atom is -0.497 e. The minimum absolute atomic E-state index is 0.0532. The summed E-state index contributed by atoms with van der Waals surface area (Å²) >= 11 is 1.62. The van der Waals surface area contributed by atoms with E-state index in [0.717, 1.165) is 28.6 Å². The molecule has 130 valence electrons. The zero-order valence-electron chi connectivity index (χ0n) is 14.7. The second kappa shape index (κ2) is 8.80. The smallest absolute Gasteiger partial charge is 0.234 e. The molecule has 1 heterocycles. The largest absolute Gasteiger partial charge is 0.497 e. The van der Waals surface area contributed by atoms with E-state index in [0.29, 0.717) is 13.1 Å². The molecule has 0 aliphatic heterocycles. The van der Waals surface area contributed by atoms with Gasteiger partial charge in [0.15, 0.2) is 0 Å². The van der Waals surface area contributed by atoms with Gasteiger partial charge in [-0.05, 0) is 44.7 Å². The molecule has 6 heteroatoms. The van der Waals surface area contributed by atoms with Crippen LogP contribution in [0.1, 0.15) is 26.5 Å². The van der Waals surface area contributed by atoms with Crippen LogP contribution in [0.25, 0.3) is 10.6 Å². The van der Waals surface area contributed by atoms with Crippen LogP contribution in [0.15, 0.2) is 29.6 Å². The molecule has 0 saturated heterocycles. The summed E-state index contributed by atoms with van der Waals surface area (Å²) < 4.78 is 5.18. The number of hydrogen-bond donors (Lipinski definition) is 1. The fraction of sp³-hybridized carbons (Fsp3) is 0.444. The average molecular weight is 347 g/mol. The number of nitrogens with zero attached hydrogens (tertiary/aromatic N) is 2. The molecular formula is C18H25N3O2S. The van der Waals surface area contributed by atoms with Gasteiger partial charge in [0, 0.05) is 23.5 Å². The molecule has 0 aliphatic rings. The monoisotopic (exact) mass is 347 g/mol. The van der Waals surface area contributed by atoms with E-state index in [1.54, 1.807) is 18.4 Å². The van der Waals surface area contributed by atoms with E-state index in [4.69, 9.17) is 9.72 Å². The molecule has 0 radical (unpaired) electrons. The number of rotatable bonds is 8. The van der Waals surface area contributed by atoms with Gasteiger partial charge in [-0.25, -0.2) is 4.98 Å². The Labute approximate surface area is 147 Å². The topological polar surface area (TPSA) is 54.5 Å². The Hall–Kier alpha value is -1.92. The zero-order valence-corrected chi connectivity index (χ0v) is 15.5. The van der Waals surface area contributed by atoms with Crippen LogP contribution in [-0.2, 0) is 11.3 Å². The van der Waals surface area contributed by atoms with E-state index in [-0.39, 0.29) is 11.9 Å². The molecule has 1 aromatic heterocycles. The fourth-order valence-corrected chi connectivity index (χ4v) is 3.14. The third kappa shape index (κ3) is 5.32. The second-order valence-corrected chi connectivity index (χ2v) is 6.76. The van der Waals surface area contributed by atoms with Gasteiger partial charge in [0.2, 0.25) is 5.91 Å². The summed E-state index contributed by atoms with van der Waals surface area (Å²) in [6.07, 6.45) is 0. The van der Waals surface area contributed by atoms with Gasteiger partial charge in [-0.1, -0.05) is 6.92 Å². The number of carbonyl (C=O) groups excluding carboxylic acids is 1. The highest BCUT2D eigenvalue weighted by atomic mass is 32.1. The number of benzene rings is 1. The van der Waals surface area contributed by atoms with Crippen LogP contribution < -0.4 is 10.1 Å². The Morgan fingerprint density at radius 3 is 2.62 bits per heavy atom. The van der Waals surface area contributed by atoms with Crippen molar-refractivity contribution in [2.75, 3.05) is 20.2 Å². The SMILES string of the molecule is CCN(CC(=O)NC(C)C)Cc1csc(-c2ccc(OC)cc2)n1. The summed E-state index contributed by atoms with van der Waals surface area (Å²) in [7, 11) is 1.66. The van der Waals surface area contributed by atoms with Crippen LogP contribution in [0.3, 0.4) is 0 Å². The average Bonchev–Trinajstić information content (AvgIpc) is 3.02. The standard InChI is InChI=1S/C18H25N3O2S/c1-5-21(11-17(22)19-13(2)3)10-15-12-24-18(20-15)14-6-8-16(23-4)9-7-14/h6-9,12-13H,5,10-11H2,1-4H3,(H,19,22). The maximum Gasteiger partial charge on any atom is 0.234 e.